The molecule has 1 amide bonds. The molecule has 1 aromatic carbocycles. The maximum Gasteiger partial charge on any atom is 0.343 e. The van der Waals surface area contributed by atoms with Gasteiger partial charge in [0.2, 0.25) is 5.71 Å². The summed E-state index contributed by atoms with van der Waals surface area (Å²) in [6, 6.07) is 5.55. The number of hydrogen-bond donors (Lipinski definition) is 0. The Bertz CT molecular complexity index is 1310. The molecule has 0 aliphatic carbocycles. The third-order valence-electron chi connectivity index (χ3n) is 6.00. The minimum atomic E-state index is -0.792. The van der Waals surface area contributed by atoms with Crippen LogP contribution < -0.4 is 15.0 Å². The van der Waals surface area contributed by atoms with E-state index in [-0.39, 0.29) is 34.4 Å². The first-order chi connectivity index (χ1) is 15.9. The summed E-state index contributed by atoms with van der Waals surface area (Å²) in [7, 11) is 1.53. The molecule has 0 radical (unpaired) electrons. The number of nitrogens with zero attached hydrogens (tertiary/aromatic N) is 3. The quantitative estimate of drug-likeness (QED) is 0.552. The van der Waals surface area contributed by atoms with Crippen molar-refractivity contribution in [3.05, 3.63) is 51.8 Å². The fourth-order valence-electron chi connectivity index (χ4n) is 4.39. The van der Waals surface area contributed by atoms with Gasteiger partial charge in [0.1, 0.15) is 36.3 Å². The lowest BCUT2D eigenvalue weighted by molar-refractivity contribution is -0.135. The Morgan fingerprint density at radius 3 is 2.82 bits per heavy atom. The first kappa shape index (κ1) is 21.0. The SMILES string of the molecule is Cc1oc2ncn(C)c(=O)c2c1C(=O)OCC(=O)N1CCCC1c1ccc2c(c1)OCCO2. The Balaban J connectivity index is 1.32. The number of aromatic nitrogens is 2. The summed E-state index contributed by atoms with van der Waals surface area (Å²) in [5.41, 5.74) is 0.583. The van der Waals surface area contributed by atoms with Gasteiger partial charge in [0.15, 0.2) is 18.1 Å². The van der Waals surface area contributed by atoms with Crippen LogP contribution >= 0.6 is 0 Å². The Labute approximate surface area is 188 Å². The molecule has 4 heterocycles. The zero-order valence-electron chi connectivity index (χ0n) is 18.3. The number of furan rings is 1. The van der Waals surface area contributed by atoms with Crippen LogP contribution in [0.5, 0.6) is 11.5 Å². The van der Waals surface area contributed by atoms with Gasteiger partial charge in [-0.2, -0.15) is 0 Å². The van der Waals surface area contributed by atoms with Gasteiger partial charge in [-0.1, -0.05) is 6.07 Å². The minimum absolute atomic E-state index is 0.00342. The molecule has 1 saturated heterocycles. The van der Waals surface area contributed by atoms with Crippen LogP contribution in [0.1, 0.15) is 40.6 Å². The van der Waals surface area contributed by atoms with Crippen LogP contribution in [0.2, 0.25) is 0 Å². The summed E-state index contributed by atoms with van der Waals surface area (Å²) in [6.07, 6.45) is 2.95. The number of hydrogen-bond acceptors (Lipinski definition) is 8. The van der Waals surface area contributed by atoms with Gasteiger partial charge in [-0.05, 0) is 37.5 Å². The van der Waals surface area contributed by atoms with Crippen LogP contribution in [0.25, 0.3) is 11.1 Å². The summed E-state index contributed by atoms with van der Waals surface area (Å²) >= 11 is 0. The van der Waals surface area contributed by atoms with E-state index in [1.165, 1.54) is 17.9 Å². The van der Waals surface area contributed by atoms with Crippen molar-refractivity contribution in [2.45, 2.75) is 25.8 Å². The zero-order chi connectivity index (χ0) is 23.1. The summed E-state index contributed by atoms with van der Waals surface area (Å²) in [5.74, 6) is 0.477. The van der Waals surface area contributed by atoms with E-state index in [2.05, 4.69) is 4.98 Å². The van der Waals surface area contributed by atoms with Crippen molar-refractivity contribution in [2.75, 3.05) is 26.4 Å². The third kappa shape index (κ3) is 3.71. The maximum absolute atomic E-state index is 13.0. The Kier molecular flexibility index (Phi) is 5.27. The highest BCUT2D eigenvalue weighted by Crippen LogP contribution is 2.38. The molecule has 1 unspecified atom stereocenters. The number of fused-ring (bicyclic) bond motifs is 2. The Morgan fingerprint density at radius 1 is 1.21 bits per heavy atom. The van der Waals surface area contributed by atoms with E-state index in [1.807, 2.05) is 18.2 Å². The highest BCUT2D eigenvalue weighted by Gasteiger charge is 2.32. The molecule has 0 bridgehead atoms. The zero-order valence-corrected chi connectivity index (χ0v) is 18.3. The molecule has 172 valence electrons. The van der Waals surface area contributed by atoms with Crippen molar-refractivity contribution >= 4 is 23.0 Å². The van der Waals surface area contributed by atoms with Gasteiger partial charge in [0, 0.05) is 13.6 Å². The summed E-state index contributed by atoms with van der Waals surface area (Å²) < 4.78 is 23.2. The number of ether oxygens (including phenoxy) is 3. The second-order valence-electron chi connectivity index (χ2n) is 8.10. The number of likely N-dealkylation sites (tertiary alicyclic amines) is 1. The first-order valence-corrected chi connectivity index (χ1v) is 10.7. The Morgan fingerprint density at radius 2 is 2.00 bits per heavy atom. The summed E-state index contributed by atoms with van der Waals surface area (Å²) in [6.45, 7) is 2.68. The van der Waals surface area contributed by atoms with Gasteiger partial charge < -0.3 is 28.1 Å². The molecule has 0 saturated carbocycles. The van der Waals surface area contributed by atoms with Crippen LogP contribution in [0.15, 0.2) is 33.7 Å². The van der Waals surface area contributed by atoms with Gasteiger partial charge >= 0.3 is 5.97 Å². The molecule has 5 rings (SSSR count). The molecule has 0 N–H and O–H groups in total. The predicted octanol–water partition coefficient (Wildman–Crippen LogP) is 2.13. The summed E-state index contributed by atoms with van der Waals surface area (Å²) in [5, 5.41) is 0.0466. The van der Waals surface area contributed by atoms with Crippen LogP contribution in [0.3, 0.4) is 0 Å². The van der Waals surface area contributed by atoms with Crippen LogP contribution in [0.4, 0.5) is 0 Å². The molecular formula is C23H23N3O7. The van der Waals surface area contributed by atoms with Crippen molar-refractivity contribution in [1.29, 1.82) is 0 Å². The standard InChI is InChI=1S/C23H23N3O7/c1-13-19(20-21(33-13)24-12-25(2)22(20)28)23(29)32-11-18(27)26-7-3-4-15(26)14-5-6-16-17(10-14)31-9-8-30-16/h5-6,10,12,15H,3-4,7-9,11H2,1-2H3. The molecule has 2 aliphatic rings. The second-order valence-corrected chi connectivity index (χ2v) is 8.10. The van der Waals surface area contributed by atoms with Gasteiger partial charge in [-0.3, -0.25) is 9.59 Å². The number of aryl methyl sites for hydroxylation is 2. The van der Waals surface area contributed by atoms with Gasteiger partial charge in [-0.15, -0.1) is 0 Å². The molecule has 1 atom stereocenters. The minimum Gasteiger partial charge on any atom is -0.486 e. The van der Waals surface area contributed by atoms with Crippen molar-refractivity contribution in [2.24, 2.45) is 7.05 Å². The van der Waals surface area contributed by atoms with Gasteiger partial charge in [-0.25, -0.2) is 9.78 Å². The van der Waals surface area contributed by atoms with Crippen molar-refractivity contribution in [3.8, 4) is 11.5 Å². The fourth-order valence-corrected chi connectivity index (χ4v) is 4.39. The van der Waals surface area contributed by atoms with Gasteiger partial charge in [0.05, 0.1) is 6.04 Å². The highest BCUT2D eigenvalue weighted by atomic mass is 16.6. The fraction of sp³-hybridized carbons (Fsp3) is 0.391. The lowest BCUT2D eigenvalue weighted by atomic mass is 10.0. The monoisotopic (exact) mass is 453 g/mol. The molecule has 10 heteroatoms. The number of esters is 1. The Hall–Kier alpha value is -3.82. The molecule has 2 aromatic heterocycles. The predicted molar refractivity (Wildman–Crippen MR) is 115 cm³/mol. The van der Waals surface area contributed by atoms with Crippen LogP contribution in [0, 0.1) is 6.92 Å². The van der Waals surface area contributed by atoms with E-state index >= 15 is 0 Å². The largest absolute Gasteiger partial charge is 0.486 e. The number of carbonyl (C=O) groups excluding carboxylic acids is 2. The topological polar surface area (TPSA) is 113 Å². The van der Waals surface area contributed by atoms with E-state index in [0.29, 0.717) is 31.3 Å². The number of amides is 1. The smallest absolute Gasteiger partial charge is 0.343 e. The van der Waals surface area contributed by atoms with E-state index in [1.54, 1.807) is 11.8 Å². The molecule has 33 heavy (non-hydrogen) atoms. The normalized spacial score (nSPS) is 17.4. The van der Waals surface area contributed by atoms with Crippen molar-refractivity contribution in [3.63, 3.8) is 0 Å². The highest BCUT2D eigenvalue weighted by molar-refractivity contribution is 6.03. The van der Waals surface area contributed by atoms with E-state index < -0.39 is 18.1 Å². The maximum atomic E-state index is 13.0. The number of benzene rings is 1. The van der Waals surface area contributed by atoms with Gasteiger partial charge in [0.25, 0.3) is 11.5 Å². The number of rotatable bonds is 4. The molecular weight excluding hydrogens is 430 g/mol. The average Bonchev–Trinajstić information content (AvgIpc) is 3.44. The molecule has 0 spiro atoms. The lowest BCUT2D eigenvalue weighted by Gasteiger charge is -2.26. The summed E-state index contributed by atoms with van der Waals surface area (Å²) in [4.78, 5) is 43.9. The average molecular weight is 453 g/mol. The molecule has 10 nitrogen and oxygen atoms in total. The molecule has 3 aromatic rings. The van der Waals surface area contributed by atoms with Crippen LogP contribution in [-0.4, -0.2) is 52.7 Å². The third-order valence-corrected chi connectivity index (χ3v) is 6.00. The van der Waals surface area contributed by atoms with Crippen LogP contribution in [-0.2, 0) is 16.6 Å². The van der Waals surface area contributed by atoms with Crippen molar-refractivity contribution < 1.29 is 28.2 Å². The molecule has 2 aliphatic heterocycles. The lowest BCUT2D eigenvalue weighted by Crippen LogP contribution is -2.34. The van der Waals surface area contributed by atoms with E-state index in [0.717, 1.165) is 18.4 Å². The molecule has 1 fully saturated rings. The first-order valence-electron chi connectivity index (χ1n) is 10.7. The van der Waals surface area contributed by atoms with Crippen molar-refractivity contribution in [1.82, 2.24) is 14.5 Å². The second kappa shape index (κ2) is 8.27. The number of carbonyl (C=O) groups is 2. The van der Waals surface area contributed by atoms with E-state index in [9.17, 15) is 14.4 Å². The van der Waals surface area contributed by atoms with E-state index in [4.69, 9.17) is 18.6 Å².